The minimum absolute atomic E-state index is 0.597. The van der Waals surface area contributed by atoms with Crippen molar-refractivity contribution >= 4 is 11.3 Å². The summed E-state index contributed by atoms with van der Waals surface area (Å²) in [6, 6.07) is 4.48. The van der Waals surface area contributed by atoms with Gasteiger partial charge in [-0.05, 0) is 38.9 Å². The zero-order valence-electron chi connectivity index (χ0n) is 11.9. The van der Waals surface area contributed by atoms with Gasteiger partial charge in [-0.15, -0.1) is 11.3 Å². The van der Waals surface area contributed by atoms with E-state index in [1.165, 1.54) is 28.5 Å². The van der Waals surface area contributed by atoms with Crippen molar-refractivity contribution in [2.24, 2.45) is 7.05 Å². The van der Waals surface area contributed by atoms with Gasteiger partial charge in [-0.2, -0.15) is 0 Å². The molecule has 1 fully saturated rings. The predicted molar refractivity (Wildman–Crippen MR) is 79.6 cm³/mol. The smallest absolute Gasteiger partial charge is 0.113 e. The first-order valence-electron chi connectivity index (χ1n) is 6.89. The fourth-order valence-corrected chi connectivity index (χ4v) is 3.92. The van der Waals surface area contributed by atoms with E-state index in [0.29, 0.717) is 5.92 Å². The third-order valence-corrected chi connectivity index (χ3v) is 4.83. The molecule has 0 amide bonds. The van der Waals surface area contributed by atoms with Crippen molar-refractivity contribution in [1.82, 2.24) is 14.5 Å². The van der Waals surface area contributed by atoms with Crippen LogP contribution >= 0.6 is 11.3 Å². The Morgan fingerprint density at radius 1 is 1.37 bits per heavy atom. The predicted octanol–water partition coefficient (Wildman–Crippen LogP) is 3.09. The summed E-state index contributed by atoms with van der Waals surface area (Å²) in [7, 11) is 2.11. The lowest BCUT2D eigenvalue weighted by molar-refractivity contribution is 0.328. The molecule has 2 aromatic heterocycles. The summed E-state index contributed by atoms with van der Waals surface area (Å²) in [6.07, 6.45) is 3.36. The molecule has 1 aliphatic rings. The standard InChI is InChI=1S/C15H21N3S/c1-11-8-17(3)15(16-11)13-6-7-18(9-13)10-14-5-4-12(2)19-14/h4-5,8,13H,6-7,9-10H2,1-3H3. The second-order valence-electron chi connectivity index (χ2n) is 5.58. The average molecular weight is 275 g/mol. The highest BCUT2D eigenvalue weighted by atomic mass is 32.1. The largest absolute Gasteiger partial charge is 0.337 e. The number of aromatic nitrogens is 2. The van der Waals surface area contributed by atoms with E-state index in [0.717, 1.165) is 18.8 Å². The minimum atomic E-state index is 0.597. The van der Waals surface area contributed by atoms with Crippen LogP contribution in [0.2, 0.25) is 0 Å². The third-order valence-electron chi connectivity index (χ3n) is 3.85. The van der Waals surface area contributed by atoms with Crippen LogP contribution in [-0.4, -0.2) is 27.5 Å². The molecule has 0 radical (unpaired) electrons. The second-order valence-corrected chi connectivity index (χ2v) is 6.96. The minimum Gasteiger partial charge on any atom is -0.337 e. The van der Waals surface area contributed by atoms with E-state index in [4.69, 9.17) is 0 Å². The van der Waals surface area contributed by atoms with E-state index in [2.05, 4.69) is 53.7 Å². The van der Waals surface area contributed by atoms with Gasteiger partial charge in [-0.3, -0.25) is 4.90 Å². The lowest BCUT2D eigenvalue weighted by Gasteiger charge is -2.14. The van der Waals surface area contributed by atoms with Gasteiger partial charge in [0.1, 0.15) is 5.82 Å². The van der Waals surface area contributed by atoms with Crippen molar-refractivity contribution in [3.8, 4) is 0 Å². The molecular formula is C15H21N3S. The van der Waals surface area contributed by atoms with E-state index in [-0.39, 0.29) is 0 Å². The van der Waals surface area contributed by atoms with E-state index < -0.39 is 0 Å². The first-order valence-corrected chi connectivity index (χ1v) is 7.71. The first kappa shape index (κ1) is 12.9. The zero-order valence-corrected chi connectivity index (χ0v) is 12.7. The van der Waals surface area contributed by atoms with Crippen LogP contribution in [0, 0.1) is 13.8 Å². The zero-order chi connectivity index (χ0) is 13.4. The van der Waals surface area contributed by atoms with Crippen molar-refractivity contribution in [3.63, 3.8) is 0 Å². The van der Waals surface area contributed by atoms with Crippen molar-refractivity contribution in [2.45, 2.75) is 32.7 Å². The molecule has 102 valence electrons. The average Bonchev–Trinajstić information content (AvgIpc) is 3.02. The second kappa shape index (κ2) is 5.10. The molecule has 3 heterocycles. The van der Waals surface area contributed by atoms with Crippen LogP contribution in [0.25, 0.3) is 0 Å². The Bertz CT molecular complexity index is 570. The maximum absolute atomic E-state index is 4.68. The Morgan fingerprint density at radius 2 is 2.21 bits per heavy atom. The molecule has 0 aromatic carbocycles. The monoisotopic (exact) mass is 275 g/mol. The van der Waals surface area contributed by atoms with Crippen LogP contribution in [0.3, 0.4) is 0 Å². The van der Waals surface area contributed by atoms with Crippen LogP contribution in [-0.2, 0) is 13.6 Å². The number of aryl methyl sites for hydroxylation is 3. The third kappa shape index (κ3) is 2.74. The van der Waals surface area contributed by atoms with Gasteiger partial charge in [0.25, 0.3) is 0 Å². The Labute approximate surface area is 118 Å². The van der Waals surface area contributed by atoms with Gasteiger partial charge < -0.3 is 4.57 Å². The lowest BCUT2D eigenvalue weighted by atomic mass is 10.1. The molecule has 0 saturated carbocycles. The van der Waals surface area contributed by atoms with Crippen molar-refractivity contribution in [3.05, 3.63) is 39.6 Å². The van der Waals surface area contributed by atoms with Crippen LogP contribution in [0.1, 0.15) is 33.6 Å². The van der Waals surface area contributed by atoms with Gasteiger partial charge in [0.15, 0.2) is 0 Å². The number of imidazole rings is 1. The van der Waals surface area contributed by atoms with Crippen molar-refractivity contribution in [1.29, 1.82) is 0 Å². The fraction of sp³-hybridized carbons (Fsp3) is 0.533. The topological polar surface area (TPSA) is 21.1 Å². The number of thiophene rings is 1. The summed E-state index contributed by atoms with van der Waals surface area (Å²) in [5, 5.41) is 0. The summed E-state index contributed by atoms with van der Waals surface area (Å²) >= 11 is 1.92. The van der Waals surface area contributed by atoms with Gasteiger partial charge in [-0.1, -0.05) is 0 Å². The van der Waals surface area contributed by atoms with Gasteiger partial charge in [0.05, 0.1) is 5.69 Å². The number of hydrogen-bond donors (Lipinski definition) is 0. The molecule has 4 heteroatoms. The van der Waals surface area contributed by atoms with Gasteiger partial charge in [0.2, 0.25) is 0 Å². The van der Waals surface area contributed by atoms with E-state index in [1.54, 1.807) is 0 Å². The Hall–Kier alpha value is -1.13. The number of hydrogen-bond acceptors (Lipinski definition) is 3. The van der Waals surface area contributed by atoms with Crippen molar-refractivity contribution in [2.75, 3.05) is 13.1 Å². The number of likely N-dealkylation sites (tertiary alicyclic amines) is 1. The molecule has 2 aromatic rings. The maximum atomic E-state index is 4.68. The number of rotatable bonds is 3. The van der Waals surface area contributed by atoms with E-state index >= 15 is 0 Å². The molecule has 0 N–H and O–H groups in total. The van der Waals surface area contributed by atoms with E-state index in [1.807, 2.05) is 11.3 Å². The lowest BCUT2D eigenvalue weighted by Crippen LogP contribution is -2.19. The molecule has 1 atom stereocenters. The quantitative estimate of drug-likeness (QED) is 0.858. The molecule has 0 aliphatic carbocycles. The maximum Gasteiger partial charge on any atom is 0.113 e. The molecule has 3 nitrogen and oxygen atoms in total. The van der Waals surface area contributed by atoms with Crippen LogP contribution in [0.5, 0.6) is 0 Å². The van der Waals surface area contributed by atoms with Crippen molar-refractivity contribution < 1.29 is 0 Å². The molecule has 0 spiro atoms. The Morgan fingerprint density at radius 3 is 2.84 bits per heavy atom. The summed E-state index contributed by atoms with van der Waals surface area (Å²) in [5.41, 5.74) is 1.13. The molecule has 1 unspecified atom stereocenters. The highest BCUT2D eigenvalue weighted by Crippen LogP contribution is 2.28. The number of nitrogens with zero attached hydrogens (tertiary/aromatic N) is 3. The molecule has 1 aliphatic heterocycles. The normalized spacial score (nSPS) is 20.3. The molecular weight excluding hydrogens is 254 g/mol. The Balaban J connectivity index is 1.65. The van der Waals surface area contributed by atoms with Gasteiger partial charge in [0, 0.05) is 42.0 Å². The molecule has 1 saturated heterocycles. The SMILES string of the molecule is Cc1cn(C)c(C2CCN(Cc3ccc(C)s3)C2)n1. The van der Waals surface area contributed by atoms with Gasteiger partial charge >= 0.3 is 0 Å². The fourth-order valence-electron chi connectivity index (χ4n) is 2.99. The highest BCUT2D eigenvalue weighted by Gasteiger charge is 2.27. The van der Waals surface area contributed by atoms with Gasteiger partial charge in [-0.25, -0.2) is 4.98 Å². The van der Waals surface area contributed by atoms with Crippen LogP contribution in [0.4, 0.5) is 0 Å². The molecule has 3 rings (SSSR count). The molecule has 19 heavy (non-hydrogen) atoms. The van der Waals surface area contributed by atoms with E-state index in [9.17, 15) is 0 Å². The first-order chi connectivity index (χ1) is 9.11. The summed E-state index contributed by atoms with van der Waals surface area (Å²) < 4.78 is 2.19. The van der Waals surface area contributed by atoms with Crippen LogP contribution < -0.4 is 0 Å². The molecule has 0 bridgehead atoms. The summed E-state index contributed by atoms with van der Waals surface area (Å²) in [6.45, 7) is 7.68. The van der Waals surface area contributed by atoms with Crippen LogP contribution in [0.15, 0.2) is 18.3 Å². The summed E-state index contributed by atoms with van der Waals surface area (Å²) in [5.74, 6) is 1.85. The Kier molecular flexibility index (Phi) is 3.46. The summed E-state index contributed by atoms with van der Waals surface area (Å²) in [4.78, 5) is 10.1. The highest BCUT2D eigenvalue weighted by molar-refractivity contribution is 7.11.